The van der Waals surface area contributed by atoms with Crippen LogP contribution in [-0.2, 0) is 4.79 Å². The number of hydrogen-bond donors (Lipinski definition) is 3. The van der Waals surface area contributed by atoms with Gasteiger partial charge in [0.2, 0.25) is 5.91 Å². The number of amides is 1. The molecule has 1 atom stereocenters. The van der Waals surface area contributed by atoms with Crippen molar-refractivity contribution >= 4 is 17.7 Å². The van der Waals surface area contributed by atoms with E-state index in [0.717, 1.165) is 10.9 Å². The van der Waals surface area contributed by atoms with Crippen molar-refractivity contribution in [1.29, 1.82) is 0 Å². The molecule has 0 fully saturated rings. The van der Waals surface area contributed by atoms with Crippen molar-refractivity contribution < 1.29 is 4.79 Å². The van der Waals surface area contributed by atoms with Crippen molar-refractivity contribution in [3.63, 3.8) is 0 Å². The van der Waals surface area contributed by atoms with Gasteiger partial charge in [0, 0.05) is 11.8 Å². The number of hydrogen-bond acceptors (Lipinski definition) is 5. The zero-order valence-electron chi connectivity index (χ0n) is 10.4. The quantitative estimate of drug-likeness (QED) is 0.619. The van der Waals surface area contributed by atoms with Gasteiger partial charge in [-0.1, -0.05) is 11.8 Å². The van der Waals surface area contributed by atoms with Crippen LogP contribution < -0.4 is 11.1 Å². The van der Waals surface area contributed by atoms with E-state index in [1.54, 1.807) is 0 Å². The SMILES string of the molecule is CC(C)NC(C)(CCSc1ncn[nH]1)C(N)=O. The summed E-state index contributed by atoms with van der Waals surface area (Å²) in [7, 11) is 0. The fourth-order valence-electron chi connectivity index (χ4n) is 1.52. The second-order valence-electron chi connectivity index (χ2n) is 4.38. The first kappa shape index (κ1) is 14.0. The number of carbonyl (C=O) groups excluding carboxylic acids is 1. The zero-order valence-corrected chi connectivity index (χ0v) is 11.2. The van der Waals surface area contributed by atoms with E-state index in [0.29, 0.717) is 6.42 Å². The molecule has 0 bridgehead atoms. The Morgan fingerprint density at radius 1 is 1.71 bits per heavy atom. The van der Waals surface area contributed by atoms with E-state index in [9.17, 15) is 4.79 Å². The lowest BCUT2D eigenvalue weighted by molar-refractivity contribution is -0.124. The van der Waals surface area contributed by atoms with E-state index in [-0.39, 0.29) is 11.9 Å². The standard InChI is InChI=1S/C10H19N5OS/c1-7(2)14-10(3,8(11)16)4-5-17-9-12-6-13-15-9/h6-7,14H,4-5H2,1-3H3,(H2,11,16)(H,12,13,15). The molecule has 6 nitrogen and oxygen atoms in total. The van der Waals surface area contributed by atoms with E-state index >= 15 is 0 Å². The van der Waals surface area contributed by atoms with Gasteiger partial charge < -0.3 is 11.1 Å². The molecule has 4 N–H and O–H groups in total. The first-order valence-corrected chi connectivity index (χ1v) is 6.48. The van der Waals surface area contributed by atoms with Crippen LogP contribution in [0.2, 0.25) is 0 Å². The molecule has 0 aliphatic rings. The van der Waals surface area contributed by atoms with E-state index in [2.05, 4.69) is 20.5 Å². The monoisotopic (exact) mass is 257 g/mol. The Morgan fingerprint density at radius 2 is 2.41 bits per heavy atom. The van der Waals surface area contributed by atoms with Gasteiger partial charge >= 0.3 is 0 Å². The number of rotatable bonds is 7. The van der Waals surface area contributed by atoms with Gasteiger partial charge in [0.15, 0.2) is 5.16 Å². The minimum absolute atomic E-state index is 0.211. The van der Waals surface area contributed by atoms with Crippen molar-refractivity contribution in [2.75, 3.05) is 5.75 Å². The second-order valence-corrected chi connectivity index (χ2v) is 5.47. The maximum atomic E-state index is 11.5. The molecule has 1 aromatic heterocycles. The van der Waals surface area contributed by atoms with Gasteiger partial charge in [-0.2, -0.15) is 5.10 Å². The summed E-state index contributed by atoms with van der Waals surface area (Å²) in [5.74, 6) is 0.415. The van der Waals surface area contributed by atoms with Crippen molar-refractivity contribution in [3.05, 3.63) is 6.33 Å². The molecule has 1 heterocycles. The van der Waals surface area contributed by atoms with Crippen LogP contribution in [0.15, 0.2) is 11.5 Å². The molecule has 0 aromatic carbocycles. The summed E-state index contributed by atoms with van der Waals surface area (Å²) in [6.07, 6.45) is 2.11. The summed E-state index contributed by atoms with van der Waals surface area (Å²) in [5, 5.41) is 10.5. The number of primary amides is 1. The predicted molar refractivity (Wildman–Crippen MR) is 67.6 cm³/mol. The van der Waals surface area contributed by atoms with Crippen LogP contribution in [0.4, 0.5) is 0 Å². The average Bonchev–Trinajstić information content (AvgIpc) is 2.69. The maximum absolute atomic E-state index is 11.5. The first-order valence-electron chi connectivity index (χ1n) is 5.50. The summed E-state index contributed by atoms with van der Waals surface area (Å²) in [4.78, 5) is 15.5. The molecule has 1 rings (SSSR count). The van der Waals surface area contributed by atoms with Crippen LogP contribution in [0, 0.1) is 0 Å². The summed E-state index contributed by atoms with van der Waals surface area (Å²) in [6, 6.07) is 0.211. The molecule has 96 valence electrons. The molecular formula is C10H19N5OS. The summed E-state index contributed by atoms with van der Waals surface area (Å²) in [5.41, 5.74) is 4.75. The highest BCUT2D eigenvalue weighted by molar-refractivity contribution is 7.99. The van der Waals surface area contributed by atoms with Crippen LogP contribution in [0.5, 0.6) is 0 Å². The Morgan fingerprint density at radius 3 is 2.88 bits per heavy atom. The normalized spacial score (nSPS) is 14.8. The summed E-state index contributed by atoms with van der Waals surface area (Å²) < 4.78 is 0. The minimum Gasteiger partial charge on any atom is -0.368 e. The third kappa shape index (κ3) is 4.35. The number of nitrogens with zero attached hydrogens (tertiary/aromatic N) is 2. The molecule has 1 unspecified atom stereocenters. The molecule has 7 heteroatoms. The molecule has 0 aliphatic heterocycles. The Labute approximate surface area is 105 Å². The minimum atomic E-state index is -0.679. The van der Waals surface area contributed by atoms with Crippen LogP contribution in [0.25, 0.3) is 0 Å². The van der Waals surface area contributed by atoms with Gasteiger partial charge in [0.05, 0.1) is 5.54 Å². The fraction of sp³-hybridized carbons (Fsp3) is 0.700. The highest BCUT2D eigenvalue weighted by Crippen LogP contribution is 2.18. The third-order valence-electron chi connectivity index (χ3n) is 2.38. The van der Waals surface area contributed by atoms with Gasteiger partial charge in [0.1, 0.15) is 6.33 Å². The van der Waals surface area contributed by atoms with Crippen LogP contribution in [0.1, 0.15) is 27.2 Å². The van der Waals surface area contributed by atoms with E-state index in [4.69, 9.17) is 5.73 Å². The predicted octanol–water partition coefficient (Wildman–Crippen LogP) is 0.529. The van der Waals surface area contributed by atoms with Crippen molar-refractivity contribution in [2.24, 2.45) is 5.73 Å². The second kappa shape index (κ2) is 6.02. The smallest absolute Gasteiger partial charge is 0.237 e. The van der Waals surface area contributed by atoms with Crippen LogP contribution >= 0.6 is 11.8 Å². The Hall–Kier alpha value is -1.08. The number of nitrogens with one attached hydrogen (secondary N) is 2. The number of thioether (sulfide) groups is 1. The lowest BCUT2D eigenvalue weighted by Gasteiger charge is -2.29. The largest absolute Gasteiger partial charge is 0.368 e. The first-order chi connectivity index (χ1) is 7.94. The molecule has 17 heavy (non-hydrogen) atoms. The fourth-order valence-corrected chi connectivity index (χ4v) is 2.46. The summed E-state index contributed by atoms with van der Waals surface area (Å²) in [6.45, 7) is 5.81. The van der Waals surface area contributed by atoms with E-state index < -0.39 is 5.54 Å². The molecule has 1 aromatic rings. The highest BCUT2D eigenvalue weighted by atomic mass is 32.2. The van der Waals surface area contributed by atoms with Crippen molar-refractivity contribution in [2.45, 2.75) is 43.9 Å². The maximum Gasteiger partial charge on any atom is 0.237 e. The van der Waals surface area contributed by atoms with E-state index in [1.165, 1.54) is 18.1 Å². The Kier molecular flexibility index (Phi) is 4.95. The topological polar surface area (TPSA) is 96.7 Å². The Balaban J connectivity index is 2.47. The molecule has 0 saturated heterocycles. The number of H-pyrrole nitrogens is 1. The van der Waals surface area contributed by atoms with E-state index in [1.807, 2.05) is 20.8 Å². The molecular weight excluding hydrogens is 238 g/mol. The van der Waals surface area contributed by atoms with Gasteiger partial charge in [-0.3, -0.25) is 9.89 Å². The molecule has 0 saturated carbocycles. The number of nitrogens with two attached hydrogens (primary N) is 1. The summed E-state index contributed by atoms with van der Waals surface area (Å²) >= 11 is 1.52. The van der Waals surface area contributed by atoms with Gasteiger partial charge in [-0.25, -0.2) is 4.98 Å². The van der Waals surface area contributed by atoms with Gasteiger partial charge in [-0.05, 0) is 27.2 Å². The lowest BCUT2D eigenvalue weighted by atomic mass is 9.97. The number of aromatic amines is 1. The third-order valence-corrected chi connectivity index (χ3v) is 3.26. The van der Waals surface area contributed by atoms with Gasteiger partial charge in [-0.15, -0.1) is 0 Å². The van der Waals surface area contributed by atoms with Crippen molar-refractivity contribution in [1.82, 2.24) is 20.5 Å². The van der Waals surface area contributed by atoms with Crippen LogP contribution in [0.3, 0.4) is 0 Å². The Bertz CT molecular complexity index is 354. The number of carbonyl (C=O) groups is 1. The highest BCUT2D eigenvalue weighted by Gasteiger charge is 2.30. The lowest BCUT2D eigenvalue weighted by Crippen LogP contribution is -2.55. The molecule has 0 aliphatic carbocycles. The molecule has 0 radical (unpaired) electrons. The van der Waals surface area contributed by atoms with Crippen LogP contribution in [-0.4, -0.2) is 38.4 Å². The van der Waals surface area contributed by atoms with Gasteiger partial charge in [0.25, 0.3) is 0 Å². The van der Waals surface area contributed by atoms with Crippen molar-refractivity contribution in [3.8, 4) is 0 Å². The average molecular weight is 257 g/mol. The number of aromatic nitrogens is 3. The zero-order chi connectivity index (χ0) is 12.9. The molecule has 1 amide bonds. The molecule has 0 spiro atoms.